The maximum absolute atomic E-state index is 12.7. The van der Waals surface area contributed by atoms with Gasteiger partial charge in [-0.15, -0.1) is 0 Å². The fourth-order valence-electron chi connectivity index (χ4n) is 6.80. The van der Waals surface area contributed by atoms with Crippen LogP contribution < -0.4 is 0 Å². The van der Waals surface area contributed by atoms with E-state index in [9.17, 15) is 14.4 Å². The Bertz CT molecular complexity index is 765. The minimum Gasteiger partial charge on any atom is -0.466 e. The molecular weight excluding hydrogens is 348 g/mol. The van der Waals surface area contributed by atoms with Gasteiger partial charge in [0, 0.05) is 11.8 Å². The predicted molar refractivity (Wildman–Crippen MR) is 93.0 cm³/mol. The fourth-order valence-corrected chi connectivity index (χ4v) is 6.80. The van der Waals surface area contributed by atoms with E-state index in [0.717, 1.165) is 19.3 Å². The average Bonchev–Trinajstić information content (AvgIpc) is 3.09. The smallest absolute Gasteiger partial charge is 0.334 e. The van der Waals surface area contributed by atoms with Crippen molar-refractivity contribution >= 4 is 17.9 Å². The van der Waals surface area contributed by atoms with Gasteiger partial charge >= 0.3 is 17.9 Å². The summed E-state index contributed by atoms with van der Waals surface area (Å²) in [6.45, 7) is 2.14. The molecule has 7 atom stereocenters. The highest BCUT2D eigenvalue weighted by Gasteiger charge is 2.73. The molecule has 27 heavy (non-hydrogen) atoms. The first kappa shape index (κ1) is 17.0. The van der Waals surface area contributed by atoms with Crippen LogP contribution in [0.1, 0.15) is 26.2 Å². The van der Waals surface area contributed by atoms with E-state index in [1.165, 1.54) is 25.4 Å². The molecule has 0 aromatic carbocycles. The highest BCUT2D eigenvalue weighted by Crippen LogP contribution is 2.74. The minimum atomic E-state index is -0.465. The van der Waals surface area contributed by atoms with Gasteiger partial charge < -0.3 is 14.2 Å². The van der Waals surface area contributed by atoms with Crippen molar-refractivity contribution in [2.24, 2.45) is 41.4 Å². The molecule has 6 aliphatic carbocycles. The van der Waals surface area contributed by atoms with Crippen LogP contribution in [0.2, 0.25) is 0 Å². The summed E-state index contributed by atoms with van der Waals surface area (Å²) in [5.41, 5.74) is 3.54. The van der Waals surface area contributed by atoms with Gasteiger partial charge in [-0.25, -0.2) is 9.59 Å². The summed E-state index contributed by atoms with van der Waals surface area (Å²) in [4.78, 5) is 38.0. The van der Waals surface area contributed by atoms with Crippen molar-refractivity contribution in [3.8, 4) is 0 Å². The van der Waals surface area contributed by atoms with Crippen molar-refractivity contribution in [3.63, 3.8) is 0 Å². The Labute approximate surface area is 157 Å². The third-order valence-electron chi connectivity index (χ3n) is 7.50. The van der Waals surface area contributed by atoms with Gasteiger partial charge in [0.1, 0.15) is 0 Å². The number of methoxy groups -OCH3 is 2. The zero-order valence-electron chi connectivity index (χ0n) is 15.8. The second-order valence-electron chi connectivity index (χ2n) is 8.32. The first-order chi connectivity index (χ1) is 13.0. The molecule has 6 aliphatic rings. The molecule has 144 valence electrons. The Morgan fingerprint density at radius 2 is 1.37 bits per heavy atom. The van der Waals surface area contributed by atoms with Crippen LogP contribution in [-0.4, -0.2) is 38.7 Å². The molecular formula is C21H24O6. The summed E-state index contributed by atoms with van der Waals surface area (Å²) in [6.07, 6.45) is 3.39. The number of hydrogen-bond acceptors (Lipinski definition) is 6. The largest absolute Gasteiger partial charge is 0.466 e. The fraction of sp³-hybridized carbons (Fsp3) is 0.667. The number of fused-ring (bicyclic) bond motifs is 2. The van der Waals surface area contributed by atoms with Gasteiger partial charge in [0.05, 0.1) is 37.9 Å². The lowest BCUT2D eigenvalue weighted by Gasteiger charge is -2.43. The van der Waals surface area contributed by atoms with Crippen LogP contribution in [0, 0.1) is 41.4 Å². The molecule has 6 rings (SSSR count). The van der Waals surface area contributed by atoms with Gasteiger partial charge in [-0.1, -0.05) is 11.1 Å². The average molecular weight is 372 g/mol. The van der Waals surface area contributed by atoms with Crippen LogP contribution in [0.15, 0.2) is 22.3 Å². The van der Waals surface area contributed by atoms with Crippen LogP contribution >= 0.6 is 0 Å². The minimum absolute atomic E-state index is 0.0506. The molecule has 6 nitrogen and oxygen atoms in total. The van der Waals surface area contributed by atoms with Gasteiger partial charge in [0.15, 0.2) is 0 Å². The van der Waals surface area contributed by atoms with Gasteiger partial charge in [0.2, 0.25) is 0 Å². The molecule has 0 saturated heterocycles. The van der Waals surface area contributed by atoms with E-state index in [2.05, 4.69) is 0 Å². The zero-order valence-corrected chi connectivity index (χ0v) is 15.8. The topological polar surface area (TPSA) is 78.9 Å². The SMILES string of the molecule is CCOC(=O)C1[C@@H]2[C@H]3C(C(=O)OC)=C(C(=O)OC)[C@H](C4=C3[C@H]3CC[C@@H]4C3)[C@H]12. The van der Waals surface area contributed by atoms with Crippen molar-refractivity contribution in [1.82, 2.24) is 0 Å². The summed E-state index contributed by atoms with van der Waals surface area (Å²) in [5, 5.41) is 0. The summed E-state index contributed by atoms with van der Waals surface area (Å²) in [5.74, 6) is -0.716. The lowest BCUT2D eigenvalue weighted by Crippen LogP contribution is -2.40. The van der Waals surface area contributed by atoms with E-state index in [1.54, 1.807) is 6.92 Å². The number of rotatable bonds is 4. The molecule has 0 aromatic heterocycles. The Morgan fingerprint density at radius 1 is 0.889 bits per heavy atom. The number of carbonyl (C=O) groups excluding carboxylic acids is 3. The zero-order chi connectivity index (χ0) is 19.0. The molecule has 1 unspecified atom stereocenters. The van der Waals surface area contributed by atoms with Gasteiger partial charge in [-0.2, -0.15) is 0 Å². The van der Waals surface area contributed by atoms with Crippen LogP contribution in [-0.2, 0) is 28.6 Å². The summed E-state index contributed by atoms with van der Waals surface area (Å²) >= 11 is 0. The third kappa shape index (κ3) is 1.99. The van der Waals surface area contributed by atoms with Crippen LogP contribution in [0.4, 0.5) is 0 Å². The maximum atomic E-state index is 12.7. The number of esters is 3. The lowest BCUT2D eigenvalue weighted by atomic mass is 9.60. The number of ether oxygens (including phenoxy) is 3. The van der Waals surface area contributed by atoms with Crippen LogP contribution in [0.25, 0.3) is 0 Å². The summed E-state index contributed by atoms with van der Waals surface area (Å²) < 4.78 is 15.4. The molecule has 6 heteroatoms. The van der Waals surface area contributed by atoms with Gasteiger partial charge in [0.25, 0.3) is 0 Å². The van der Waals surface area contributed by atoms with Crippen molar-refractivity contribution < 1.29 is 28.6 Å². The normalized spacial score (nSPS) is 39.9. The van der Waals surface area contributed by atoms with E-state index < -0.39 is 11.9 Å². The summed E-state index contributed by atoms with van der Waals surface area (Å²) in [6, 6.07) is 0. The lowest BCUT2D eigenvalue weighted by molar-refractivity contribution is -0.145. The van der Waals surface area contributed by atoms with Crippen LogP contribution in [0.3, 0.4) is 0 Å². The summed E-state index contributed by atoms with van der Waals surface area (Å²) in [7, 11) is 2.69. The van der Waals surface area contributed by atoms with E-state index in [4.69, 9.17) is 14.2 Å². The first-order valence-electron chi connectivity index (χ1n) is 9.86. The Hall–Kier alpha value is -2.11. The molecule has 2 fully saturated rings. The van der Waals surface area contributed by atoms with E-state index in [1.807, 2.05) is 0 Å². The third-order valence-corrected chi connectivity index (χ3v) is 7.50. The molecule has 2 saturated carbocycles. The van der Waals surface area contributed by atoms with Gasteiger partial charge in [-0.05, 0) is 49.9 Å². The molecule has 0 radical (unpaired) electrons. The van der Waals surface area contributed by atoms with E-state index in [-0.39, 0.29) is 35.6 Å². The highest BCUT2D eigenvalue weighted by atomic mass is 16.5. The maximum Gasteiger partial charge on any atom is 0.334 e. The van der Waals surface area contributed by atoms with Crippen LogP contribution in [0.5, 0.6) is 0 Å². The molecule has 0 amide bonds. The van der Waals surface area contributed by atoms with E-state index >= 15 is 0 Å². The van der Waals surface area contributed by atoms with Gasteiger partial charge in [-0.3, -0.25) is 4.79 Å². The van der Waals surface area contributed by atoms with E-state index in [0.29, 0.717) is 29.6 Å². The second kappa shape index (κ2) is 5.69. The second-order valence-corrected chi connectivity index (χ2v) is 8.32. The Kier molecular flexibility index (Phi) is 3.59. The first-order valence-corrected chi connectivity index (χ1v) is 9.86. The molecule has 0 heterocycles. The Morgan fingerprint density at radius 3 is 1.78 bits per heavy atom. The number of allylic oxidation sites excluding steroid dienone is 2. The predicted octanol–water partition coefficient (Wildman–Crippen LogP) is 2.04. The number of carbonyl (C=O) groups is 3. The molecule has 0 aromatic rings. The quantitative estimate of drug-likeness (QED) is 0.427. The van der Waals surface area contributed by atoms with Crippen molar-refractivity contribution in [2.45, 2.75) is 26.2 Å². The molecule has 4 bridgehead atoms. The Balaban J connectivity index is 1.65. The highest BCUT2D eigenvalue weighted by molar-refractivity contribution is 6.04. The number of hydrogen-bond donors (Lipinski definition) is 0. The standard InChI is InChI=1S/C21H24O6/c1-4-27-21(24)16-14-12-10-8-5-6-9(7-8)11(10)13(15(14)16)18(20(23)26-3)17(12)19(22)25-2/h8-9,12-16H,4-7H2,1-3H3/t8-,9+,12-,13+,14+,15-,16?. The van der Waals surface area contributed by atoms with Crippen molar-refractivity contribution in [1.29, 1.82) is 0 Å². The monoisotopic (exact) mass is 372 g/mol. The molecule has 0 spiro atoms. The molecule has 0 N–H and O–H groups in total. The molecule has 0 aliphatic heterocycles. The van der Waals surface area contributed by atoms with Crippen molar-refractivity contribution in [3.05, 3.63) is 22.3 Å². The van der Waals surface area contributed by atoms with Crippen molar-refractivity contribution in [2.75, 3.05) is 20.8 Å².